The second-order valence-corrected chi connectivity index (χ2v) is 5.47. The van der Waals surface area contributed by atoms with Crippen LogP contribution >= 0.6 is 45.2 Å². The first-order valence-corrected chi connectivity index (χ1v) is 6.37. The lowest BCUT2D eigenvalue weighted by atomic mass is 10.3. The Morgan fingerprint density at radius 3 is 2.31 bits per heavy atom. The highest BCUT2D eigenvalue weighted by molar-refractivity contribution is 14.1. The van der Waals surface area contributed by atoms with Gasteiger partial charge in [-0.2, -0.15) is 5.10 Å². The largest absolute Gasteiger partial charge is 0.349 e. The maximum absolute atomic E-state index is 11.5. The van der Waals surface area contributed by atoms with Gasteiger partial charge in [-0.15, -0.1) is 0 Å². The Kier molecular flexibility index (Phi) is 3.42. The van der Waals surface area contributed by atoms with Crippen LogP contribution in [-0.4, -0.2) is 14.8 Å². The number of hydrogen-bond donors (Lipinski definition) is 1. The fourth-order valence-electron chi connectivity index (χ4n) is 1.26. The van der Waals surface area contributed by atoms with Crippen molar-refractivity contribution in [3.05, 3.63) is 52.4 Å². The first-order chi connectivity index (χ1) is 7.58. The molecule has 0 unspecified atom stereocenters. The Hall–Kier alpha value is -0.710. The zero-order valence-corrected chi connectivity index (χ0v) is 12.1. The van der Waals surface area contributed by atoms with Crippen molar-refractivity contribution in [2.45, 2.75) is 0 Å². The summed E-state index contributed by atoms with van der Waals surface area (Å²) in [6, 6.07) is 5.48. The smallest absolute Gasteiger partial charge is 0.267 e. The fraction of sp³-hybridized carbons (Fsp3) is 0. The molecule has 2 aromatic rings. The molecule has 0 spiro atoms. The zero-order chi connectivity index (χ0) is 11.7. The van der Waals surface area contributed by atoms with Crippen LogP contribution in [0.2, 0.25) is 0 Å². The van der Waals surface area contributed by atoms with E-state index in [1.54, 1.807) is 12.1 Å². The zero-order valence-electron chi connectivity index (χ0n) is 7.78. The highest BCUT2D eigenvalue weighted by Crippen LogP contribution is 2.15. The Morgan fingerprint density at radius 1 is 1.12 bits per heavy atom. The van der Waals surface area contributed by atoms with Crippen LogP contribution in [0.15, 0.2) is 34.0 Å². The molecule has 0 aliphatic carbocycles. The molecular formula is C9H5I2N3O2. The summed E-state index contributed by atoms with van der Waals surface area (Å²) in [5.74, 6) is 0. The average molecular weight is 441 g/mol. The van der Waals surface area contributed by atoms with Crippen molar-refractivity contribution in [3.63, 3.8) is 0 Å². The molecule has 0 aliphatic heterocycles. The van der Waals surface area contributed by atoms with Gasteiger partial charge in [0.2, 0.25) is 0 Å². The van der Waals surface area contributed by atoms with E-state index < -0.39 is 11.2 Å². The number of nitrogens with one attached hydrogen (secondary N) is 1. The molecule has 0 amide bonds. The van der Waals surface area contributed by atoms with Crippen molar-refractivity contribution < 1.29 is 0 Å². The molecule has 0 radical (unpaired) electrons. The van der Waals surface area contributed by atoms with E-state index in [-0.39, 0.29) is 0 Å². The van der Waals surface area contributed by atoms with Crippen LogP contribution in [0.1, 0.15) is 0 Å². The van der Waals surface area contributed by atoms with Crippen molar-refractivity contribution in [3.8, 4) is 5.69 Å². The van der Waals surface area contributed by atoms with Gasteiger partial charge in [-0.1, -0.05) is 0 Å². The number of hydrogen-bond acceptors (Lipinski definition) is 3. The third kappa shape index (κ3) is 2.34. The number of rotatable bonds is 1. The molecule has 1 aromatic heterocycles. The molecule has 0 saturated heterocycles. The first-order valence-electron chi connectivity index (χ1n) is 4.21. The van der Waals surface area contributed by atoms with Gasteiger partial charge in [-0.3, -0.25) is 4.79 Å². The van der Waals surface area contributed by atoms with E-state index in [1.807, 2.05) is 6.07 Å². The average Bonchev–Trinajstić information content (AvgIpc) is 2.15. The second-order valence-electron chi connectivity index (χ2n) is 2.98. The van der Waals surface area contributed by atoms with E-state index in [2.05, 4.69) is 55.4 Å². The molecule has 0 aliphatic rings. The van der Waals surface area contributed by atoms with Gasteiger partial charge in [0.1, 0.15) is 6.20 Å². The molecule has 0 fully saturated rings. The molecule has 0 atom stereocenters. The van der Waals surface area contributed by atoms with Gasteiger partial charge >= 0.3 is 5.69 Å². The Balaban J connectivity index is 2.77. The minimum atomic E-state index is -0.537. The predicted octanol–water partition coefficient (Wildman–Crippen LogP) is 1.13. The highest BCUT2D eigenvalue weighted by atomic mass is 127. The normalized spacial score (nSPS) is 10.4. The van der Waals surface area contributed by atoms with Gasteiger partial charge in [0.05, 0.1) is 5.69 Å². The van der Waals surface area contributed by atoms with Crippen LogP contribution in [0.25, 0.3) is 5.69 Å². The van der Waals surface area contributed by atoms with Crippen molar-refractivity contribution in [1.82, 2.24) is 14.8 Å². The Labute approximate surface area is 117 Å². The third-order valence-electron chi connectivity index (χ3n) is 1.86. The first kappa shape index (κ1) is 11.8. The second kappa shape index (κ2) is 4.65. The molecule has 82 valence electrons. The highest BCUT2D eigenvalue weighted by Gasteiger charge is 2.05. The molecule has 7 heteroatoms. The minimum absolute atomic E-state index is 0.443. The van der Waals surface area contributed by atoms with E-state index in [9.17, 15) is 9.59 Å². The van der Waals surface area contributed by atoms with E-state index in [1.165, 1.54) is 0 Å². The van der Waals surface area contributed by atoms with Gasteiger partial charge in [0, 0.05) is 7.14 Å². The lowest BCUT2D eigenvalue weighted by Crippen LogP contribution is -2.33. The fourth-order valence-corrected chi connectivity index (χ4v) is 3.17. The summed E-state index contributed by atoms with van der Waals surface area (Å²) in [4.78, 5) is 23.0. The third-order valence-corrected chi connectivity index (χ3v) is 3.11. The lowest BCUT2D eigenvalue weighted by molar-refractivity contribution is 0.797. The molecular weight excluding hydrogens is 436 g/mol. The van der Waals surface area contributed by atoms with Crippen molar-refractivity contribution in [2.75, 3.05) is 0 Å². The minimum Gasteiger partial charge on any atom is -0.267 e. The topological polar surface area (TPSA) is 67.8 Å². The molecule has 2 rings (SSSR count). The Morgan fingerprint density at radius 2 is 1.75 bits per heavy atom. The summed E-state index contributed by atoms with van der Waals surface area (Å²) in [5.41, 5.74) is -0.434. The summed E-state index contributed by atoms with van der Waals surface area (Å²) < 4.78 is 2.97. The van der Waals surface area contributed by atoms with E-state index in [0.717, 1.165) is 17.9 Å². The lowest BCUT2D eigenvalue weighted by Gasteiger charge is -2.04. The molecule has 1 aromatic carbocycles. The SMILES string of the molecule is O=c1cn[nH]c(=O)n1-c1cc(I)cc(I)c1. The Bertz CT molecular complexity index is 599. The van der Waals surface area contributed by atoms with Crippen LogP contribution in [-0.2, 0) is 0 Å². The van der Waals surface area contributed by atoms with Gasteiger partial charge in [-0.25, -0.2) is 14.5 Å². The maximum Gasteiger partial charge on any atom is 0.349 e. The summed E-state index contributed by atoms with van der Waals surface area (Å²) in [6.45, 7) is 0. The summed E-state index contributed by atoms with van der Waals surface area (Å²) in [5, 5.41) is 5.67. The van der Waals surface area contributed by atoms with Crippen molar-refractivity contribution >= 4 is 45.2 Å². The molecule has 0 bridgehead atoms. The standard InChI is InChI=1S/C9H5I2N3O2/c10-5-1-6(11)3-7(2-5)14-8(15)4-12-13-9(14)16/h1-4H,(H,13,16). The van der Waals surface area contributed by atoms with Crippen LogP contribution in [0.3, 0.4) is 0 Å². The van der Waals surface area contributed by atoms with Gasteiger partial charge in [0.15, 0.2) is 0 Å². The van der Waals surface area contributed by atoms with E-state index >= 15 is 0 Å². The molecule has 0 saturated carbocycles. The van der Waals surface area contributed by atoms with Gasteiger partial charge in [0.25, 0.3) is 5.56 Å². The summed E-state index contributed by atoms with van der Waals surface area (Å²) in [7, 11) is 0. The van der Waals surface area contributed by atoms with Crippen LogP contribution < -0.4 is 11.2 Å². The van der Waals surface area contributed by atoms with Gasteiger partial charge < -0.3 is 0 Å². The van der Waals surface area contributed by atoms with Crippen LogP contribution in [0.4, 0.5) is 0 Å². The van der Waals surface area contributed by atoms with E-state index in [4.69, 9.17) is 0 Å². The molecule has 1 heterocycles. The summed E-state index contributed by atoms with van der Waals surface area (Å²) in [6.07, 6.45) is 1.08. The number of H-pyrrole nitrogens is 1. The number of halogens is 2. The molecule has 16 heavy (non-hydrogen) atoms. The number of benzene rings is 1. The number of aromatic amines is 1. The molecule has 1 N–H and O–H groups in total. The molecule has 5 nitrogen and oxygen atoms in total. The summed E-state index contributed by atoms with van der Waals surface area (Å²) >= 11 is 4.27. The van der Waals surface area contributed by atoms with Gasteiger partial charge in [-0.05, 0) is 63.4 Å². The predicted molar refractivity (Wildman–Crippen MR) is 75.9 cm³/mol. The maximum atomic E-state index is 11.5. The van der Waals surface area contributed by atoms with Crippen LogP contribution in [0.5, 0.6) is 0 Å². The quantitative estimate of drug-likeness (QED) is 0.676. The van der Waals surface area contributed by atoms with Crippen molar-refractivity contribution in [2.24, 2.45) is 0 Å². The van der Waals surface area contributed by atoms with Crippen LogP contribution in [0, 0.1) is 7.14 Å². The van der Waals surface area contributed by atoms with E-state index in [0.29, 0.717) is 5.69 Å². The van der Waals surface area contributed by atoms with Crippen molar-refractivity contribution in [1.29, 1.82) is 0 Å². The number of nitrogens with zero attached hydrogens (tertiary/aromatic N) is 2. The monoisotopic (exact) mass is 441 g/mol. The number of aromatic nitrogens is 3.